The molecule has 19 heavy (non-hydrogen) atoms. The molecule has 1 N–H and O–H groups in total. The molecule has 0 saturated carbocycles. The Balaban J connectivity index is 2.35. The summed E-state index contributed by atoms with van der Waals surface area (Å²) in [6.45, 7) is 5.62. The number of unbranched alkanes of at least 4 members (excludes halogenated alkanes) is 1. The second-order valence-corrected chi connectivity index (χ2v) is 5.24. The summed E-state index contributed by atoms with van der Waals surface area (Å²) in [5.41, 5.74) is 2.13. The Labute approximate surface area is 120 Å². The number of anilines is 1. The fraction of sp³-hybridized carbons (Fsp3) is 0.533. The predicted molar refractivity (Wildman–Crippen MR) is 81.8 cm³/mol. The highest BCUT2D eigenvalue weighted by Gasteiger charge is 2.07. The molecule has 0 saturated heterocycles. The molecular weight excluding hydrogens is 260 g/mol. The molecule has 106 valence electrons. The third kappa shape index (κ3) is 5.52. The monoisotopic (exact) mass is 282 g/mol. The van der Waals surface area contributed by atoms with Crippen molar-refractivity contribution in [2.24, 2.45) is 0 Å². The molecule has 0 aliphatic carbocycles. The van der Waals surface area contributed by atoms with E-state index in [0.717, 1.165) is 35.7 Å². The number of amides is 1. The zero-order chi connectivity index (χ0) is 14.3. The summed E-state index contributed by atoms with van der Waals surface area (Å²) in [5.74, 6) is 0.188. The topological polar surface area (TPSA) is 32.3 Å². The van der Waals surface area contributed by atoms with Gasteiger partial charge in [0, 0.05) is 37.3 Å². The van der Waals surface area contributed by atoms with Gasteiger partial charge >= 0.3 is 0 Å². The van der Waals surface area contributed by atoms with E-state index >= 15 is 0 Å². The summed E-state index contributed by atoms with van der Waals surface area (Å²) in [6.07, 6.45) is 2.69. The first-order valence-corrected chi connectivity index (χ1v) is 7.16. The molecule has 0 aromatic heterocycles. The Morgan fingerprint density at radius 1 is 1.42 bits per heavy atom. The average Bonchev–Trinajstić information content (AvgIpc) is 2.38. The standard InChI is InChI=1S/C15H23ClN2O/c1-4-5-10-18(3)15(19)8-9-17-14-7-6-13(16)11-12(14)2/h6-7,11,17H,4-5,8-10H2,1-3H3. The number of hydrogen-bond donors (Lipinski definition) is 1. The van der Waals surface area contributed by atoms with Gasteiger partial charge in [-0.15, -0.1) is 0 Å². The van der Waals surface area contributed by atoms with Crippen LogP contribution in [0.4, 0.5) is 5.69 Å². The van der Waals surface area contributed by atoms with Crippen molar-refractivity contribution < 1.29 is 4.79 Å². The molecule has 0 radical (unpaired) electrons. The SMILES string of the molecule is CCCCN(C)C(=O)CCNc1ccc(Cl)cc1C. The number of carbonyl (C=O) groups is 1. The van der Waals surface area contributed by atoms with E-state index in [1.165, 1.54) is 0 Å². The molecule has 3 nitrogen and oxygen atoms in total. The number of hydrogen-bond acceptors (Lipinski definition) is 2. The first-order valence-electron chi connectivity index (χ1n) is 6.78. The molecule has 0 aliphatic heterocycles. The quantitative estimate of drug-likeness (QED) is 0.827. The van der Waals surface area contributed by atoms with E-state index in [2.05, 4.69) is 12.2 Å². The highest BCUT2D eigenvalue weighted by atomic mass is 35.5. The van der Waals surface area contributed by atoms with Gasteiger partial charge in [-0.05, 0) is 37.1 Å². The van der Waals surface area contributed by atoms with E-state index in [0.29, 0.717) is 13.0 Å². The van der Waals surface area contributed by atoms with E-state index in [4.69, 9.17) is 11.6 Å². The van der Waals surface area contributed by atoms with Crippen molar-refractivity contribution in [1.29, 1.82) is 0 Å². The number of carbonyl (C=O) groups excluding carboxylic acids is 1. The average molecular weight is 283 g/mol. The van der Waals surface area contributed by atoms with E-state index in [9.17, 15) is 4.79 Å². The van der Waals surface area contributed by atoms with Gasteiger partial charge < -0.3 is 10.2 Å². The largest absolute Gasteiger partial charge is 0.384 e. The van der Waals surface area contributed by atoms with Crippen LogP contribution >= 0.6 is 11.6 Å². The van der Waals surface area contributed by atoms with Gasteiger partial charge in [0.1, 0.15) is 0 Å². The maximum Gasteiger partial charge on any atom is 0.224 e. The van der Waals surface area contributed by atoms with E-state index in [1.807, 2.05) is 32.2 Å². The molecule has 1 rings (SSSR count). The molecule has 0 spiro atoms. The number of rotatable bonds is 7. The molecule has 4 heteroatoms. The Hall–Kier alpha value is -1.22. The van der Waals surface area contributed by atoms with Crippen molar-refractivity contribution in [3.63, 3.8) is 0 Å². The first kappa shape index (κ1) is 15.8. The summed E-state index contributed by atoms with van der Waals surface area (Å²) < 4.78 is 0. The number of aryl methyl sites for hydroxylation is 1. The molecule has 0 bridgehead atoms. The number of nitrogens with one attached hydrogen (secondary N) is 1. The van der Waals surface area contributed by atoms with Crippen LogP contribution in [0.15, 0.2) is 18.2 Å². The fourth-order valence-corrected chi connectivity index (χ4v) is 2.07. The van der Waals surface area contributed by atoms with Crippen molar-refractivity contribution in [1.82, 2.24) is 4.90 Å². The lowest BCUT2D eigenvalue weighted by Crippen LogP contribution is -2.29. The fourth-order valence-electron chi connectivity index (χ4n) is 1.84. The smallest absolute Gasteiger partial charge is 0.224 e. The maximum absolute atomic E-state index is 11.8. The highest BCUT2D eigenvalue weighted by Crippen LogP contribution is 2.19. The van der Waals surface area contributed by atoms with Gasteiger partial charge in [-0.25, -0.2) is 0 Å². The zero-order valence-electron chi connectivity index (χ0n) is 12.0. The molecule has 0 fully saturated rings. The van der Waals surface area contributed by atoms with E-state index in [-0.39, 0.29) is 5.91 Å². The molecule has 0 aliphatic rings. The zero-order valence-corrected chi connectivity index (χ0v) is 12.8. The molecular formula is C15H23ClN2O. The third-order valence-corrected chi connectivity index (χ3v) is 3.35. The van der Waals surface area contributed by atoms with Gasteiger partial charge in [0.15, 0.2) is 0 Å². The summed E-state index contributed by atoms with van der Waals surface area (Å²) in [4.78, 5) is 13.6. The number of halogens is 1. The number of nitrogens with zero attached hydrogens (tertiary/aromatic N) is 1. The van der Waals surface area contributed by atoms with E-state index < -0.39 is 0 Å². The highest BCUT2D eigenvalue weighted by molar-refractivity contribution is 6.30. The van der Waals surface area contributed by atoms with Gasteiger partial charge in [-0.3, -0.25) is 4.79 Å². The van der Waals surface area contributed by atoms with Crippen molar-refractivity contribution in [3.05, 3.63) is 28.8 Å². The molecule has 1 aromatic carbocycles. The molecule has 1 aromatic rings. The Kier molecular flexibility index (Phi) is 6.71. The molecule has 1 amide bonds. The second kappa shape index (κ2) is 8.05. The van der Waals surface area contributed by atoms with Gasteiger partial charge in [0.25, 0.3) is 0 Å². The second-order valence-electron chi connectivity index (χ2n) is 4.80. The summed E-state index contributed by atoms with van der Waals surface area (Å²) in [6, 6.07) is 5.72. The summed E-state index contributed by atoms with van der Waals surface area (Å²) in [7, 11) is 1.87. The van der Waals surface area contributed by atoms with Crippen LogP contribution in [-0.2, 0) is 4.79 Å². The van der Waals surface area contributed by atoms with Crippen molar-refractivity contribution >= 4 is 23.2 Å². The summed E-state index contributed by atoms with van der Waals surface area (Å²) >= 11 is 5.90. The van der Waals surface area contributed by atoms with Crippen LogP contribution in [0.3, 0.4) is 0 Å². The predicted octanol–water partition coefficient (Wildman–Crippen LogP) is 3.71. The lowest BCUT2D eigenvalue weighted by molar-refractivity contribution is -0.129. The van der Waals surface area contributed by atoms with Crippen molar-refractivity contribution in [2.45, 2.75) is 33.1 Å². The Bertz CT molecular complexity index is 421. The lowest BCUT2D eigenvalue weighted by atomic mass is 10.2. The van der Waals surface area contributed by atoms with Crippen molar-refractivity contribution in [2.75, 3.05) is 25.5 Å². The molecule has 0 atom stereocenters. The van der Waals surface area contributed by atoms with Crippen LogP contribution in [0.5, 0.6) is 0 Å². The van der Waals surface area contributed by atoms with Gasteiger partial charge in [0.05, 0.1) is 0 Å². The Morgan fingerprint density at radius 3 is 2.79 bits per heavy atom. The van der Waals surface area contributed by atoms with Gasteiger partial charge in [-0.2, -0.15) is 0 Å². The van der Waals surface area contributed by atoms with Crippen LogP contribution in [0.2, 0.25) is 5.02 Å². The van der Waals surface area contributed by atoms with Crippen LogP contribution < -0.4 is 5.32 Å². The van der Waals surface area contributed by atoms with Gasteiger partial charge in [0.2, 0.25) is 5.91 Å². The minimum atomic E-state index is 0.188. The van der Waals surface area contributed by atoms with Crippen molar-refractivity contribution in [3.8, 4) is 0 Å². The van der Waals surface area contributed by atoms with E-state index in [1.54, 1.807) is 4.90 Å². The maximum atomic E-state index is 11.8. The van der Waals surface area contributed by atoms with Crippen LogP contribution in [-0.4, -0.2) is 30.9 Å². The molecule has 0 unspecified atom stereocenters. The Morgan fingerprint density at radius 2 is 2.16 bits per heavy atom. The normalized spacial score (nSPS) is 10.3. The lowest BCUT2D eigenvalue weighted by Gasteiger charge is -2.17. The van der Waals surface area contributed by atoms with Gasteiger partial charge in [-0.1, -0.05) is 24.9 Å². The molecule has 0 heterocycles. The van der Waals surface area contributed by atoms with Crippen LogP contribution in [0, 0.1) is 6.92 Å². The van der Waals surface area contributed by atoms with Crippen LogP contribution in [0.25, 0.3) is 0 Å². The number of benzene rings is 1. The first-order chi connectivity index (χ1) is 9.04. The summed E-state index contributed by atoms with van der Waals surface area (Å²) in [5, 5.41) is 4.01. The third-order valence-electron chi connectivity index (χ3n) is 3.12. The minimum Gasteiger partial charge on any atom is -0.384 e. The minimum absolute atomic E-state index is 0.188. The van der Waals surface area contributed by atoms with Crippen LogP contribution in [0.1, 0.15) is 31.7 Å².